The third-order valence-electron chi connectivity index (χ3n) is 5.34. The van der Waals surface area contributed by atoms with Crippen molar-refractivity contribution in [3.05, 3.63) is 101 Å². The minimum Gasteiger partial charge on any atom is -0.350 e. The van der Waals surface area contributed by atoms with Crippen LogP contribution >= 0.6 is 0 Å². The van der Waals surface area contributed by atoms with Gasteiger partial charge in [0.15, 0.2) is 0 Å². The number of hydrogen-bond acceptors (Lipinski definition) is 3. The van der Waals surface area contributed by atoms with Gasteiger partial charge in [0.25, 0.3) is 5.91 Å². The summed E-state index contributed by atoms with van der Waals surface area (Å²) in [6, 6.07) is 18.6. The molecule has 0 radical (unpaired) electrons. The number of carbonyl (C=O) groups excluding carboxylic acids is 2. The van der Waals surface area contributed by atoms with Crippen molar-refractivity contribution in [3.63, 3.8) is 0 Å². The second-order valence-electron chi connectivity index (χ2n) is 7.42. The van der Waals surface area contributed by atoms with Crippen LogP contribution in [0.15, 0.2) is 72.9 Å². The number of hydrogen-bond donors (Lipinski definition) is 1. The van der Waals surface area contributed by atoms with Crippen LogP contribution < -0.4 is 5.32 Å². The van der Waals surface area contributed by atoms with E-state index < -0.39 is 6.04 Å². The predicted molar refractivity (Wildman–Crippen MR) is 111 cm³/mol. The molecule has 1 N–H and O–H groups in total. The van der Waals surface area contributed by atoms with Gasteiger partial charge in [-0.25, -0.2) is 4.39 Å². The van der Waals surface area contributed by atoms with Crippen molar-refractivity contribution in [2.24, 2.45) is 0 Å². The Labute approximate surface area is 174 Å². The van der Waals surface area contributed by atoms with Gasteiger partial charge in [-0.1, -0.05) is 42.5 Å². The van der Waals surface area contributed by atoms with E-state index in [-0.39, 0.29) is 36.6 Å². The molecule has 0 saturated carbocycles. The molecule has 0 saturated heterocycles. The Kier molecular flexibility index (Phi) is 5.57. The van der Waals surface area contributed by atoms with Crippen LogP contribution in [0.2, 0.25) is 0 Å². The van der Waals surface area contributed by atoms with Crippen LogP contribution in [0.1, 0.15) is 52.6 Å². The first-order chi connectivity index (χ1) is 14.5. The third-order valence-corrected chi connectivity index (χ3v) is 5.34. The first-order valence-electron chi connectivity index (χ1n) is 9.87. The zero-order valence-corrected chi connectivity index (χ0v) is 16.6. The van der Waals surface area contributed by atoms with E-state index >= 15 is 0 Å². The van der Waals surface area contributed by atoms with E-state index in [4.69, 9.17) is 0 Å². The van der Waals surface area contributed by atoms with Gasteiger partial charge >= 0.3 is 0 Å². The molecule has 30 heavy (non-hydrogen) atoms. The van der Waals surface area contributed by atoms with Gasteiger partial charge in [-0.3, -0.25) is 14.6 Å². The Morgan fingerprint density at radius 1 is 1.10 bits per heavy atom. The number of carbonyl (C=O) groups is 2. The van der Waals surface area contributed by atoms with Gasteiger partial charge < -0.3 is 10.2 Å². The van der Waals surface area contributed by atoms with Crippen molar-refractivity contribution in [2.45, 2.75) is 32.0 Å². The molecular formula is C24H22FN3O2. The third kappa shape index (κ3) is 4.08. The molecule has 2 atom stereocenters. The van der Waals surface area contributed by atoms with E-state index in [9.17, 15) is 14.0 Å². The Morgan fingerprint density at radius 3 is 2.57 bits per heavy atom. The van der Waals surface area contributed by atoms with E-state index in [1.54, 1.807) is 35.4 Å². The molecule has 0 spiro atoms. The molecule has 0 aliphatic carbocycles. The first-order valence-corrected chi connectivity index (χ1v) is 9.87. The maximum absolute atomic E-state index is 13.3. The van der Waals surface area contributed by atoms with E-state index in [1.807, 2.05) is 37.3 Å². The summed E-state index contributed by atoms with van der Waals surface area (Å²) in [4.78, 5) is 31.8. The quantitative estimate of drug-likeness (QED) is 0.671. The summed E-state index contributed by atoms with van der Waals surface area (Å²) in [6.45, 7) is 2.21. The zero-order chi connectivity index (χ0) is 21.1. The van der Waals surface area contributed by atoms with Gasteiger partial charge in [0.1, 0.15) is 5.82 Å². The molecular weight excluding hydrogens is 381 g/mol. The molecule has 0 unspecified atom stereocenters. The SMILES string of the molecule is C[C@@H](NC(=O)C[C@@H]1c2ncccc2C(=O)N1Cc1ccc(F)cc1)c1ccccc1. The fourth-order valence-electron chi connectivity index (χ4n) is 3.78. The van der Waals surface area contributed by atoms with Crippen LogP contribution in [-0.2, 0) is 11.3 Å². The van der Waals surface area contributed by atoms with Crippen LogP contribution in [0.3, 0.4) is 0 Å². The fraction of sp³-hybridized carbons (Fsp3) is 0.208. The van der Waals surface area contributed by atoms with Crippen molar-refractivity contribution < 1.29 is 14.0 Å². The number of aromatic nitrogens is 1. The van der Waals surface area contributed by atoms with E-state index in [2.05, 4.69) is 10.3 Å². The Morgan fingerprint density at radius 2 is 1.83 bits per heavy atom. The number of halogens is 1. The highest BCUT2D eigenvalue weighted by Gasteiger charge is 2.39. The standard InChI is InChI=1S/C24H22FN3O2/c1-16(18-6-3-2-4-7-18)27-22(29)14-21-23-20(8-5-13-26-23)24(30)28(21)15-17-9-11-19(25)12-10-17/h2-13,16,21H,14-15H2,1H3,(H,27,29)/t16-,21-/m1/s1. The molecule has 2 heterocycles. The number of pyridine rings is 1. The maximum atomic E-state index is 13.3. The molecule has 1 aliphatic rings. The molecule has 0 bridgehead atoms. The summed E-state index contributed by atoms with van der Waals surface area (Å²) in [7, 11) is 0. The second-order valence-corrected chi connectivity index (χ2v) is 7.42. The number of nitrogens with zero attached hydrogens (tertiary/aromatic N) is 2. The molecule has 2 aromatic carbocycles. The summed E-state index contributed by atoms with van der Waals surface area (Å²) >= 11 is 0. The van der Waals surface area contributed by atoms with E-state index in [1.165, 1.54) is 12.1 Å². The normalized spacial score (nSPS) is 16.3. The van der Waals surface area contributed by atoms with E-state index in [0.717, 1.165) is 11.1 Å². The summed E-state index contributed by atoms with van der Waals surface area (Å²) < 4.78 is 13.3. The van der Waals surface area contributed by atoms with Crippen molar-refractivity contribution in [1.82, 2.24) is 15.2 Å². The Balaban J connectivity index is 1.54. The second kappa shape index (κ2) is 8.45. The average molecular weight is 403 g/mol. The fourth-order valence-corrected chi connectivity index (χ4v) is 3.78. The number of benzene rings is 2. The van der Waals surface area contributed by atoms with Crippen LogP contribution in [0, 0.1) is 5.82 Å². The van der Waals surface area contributed by atoms with Crippen LogP contribution in [0.5, 0.6) is 0 Å². The molecule has 1 aromatic heterocycles. The molecule has 0 fully saturated rings. The molecule has 1 aliphatic heterocycles. The highest BCUT2D eigenvalue weighted by atomic mass is 19.1. The number of nitrogens with one attached hydrogen (secondary N) is 1. The minimum absolute atomic E-state index is 0.105. The molecule has 5 nitrogen and oxygen atoms in total. The first kappa shape index (κ1) is 19.8. The summed E-state index contributed by atoms with van der Waals surface area (Å²) in [5.41, 5.74) is 2.91. The minimum atomic E-state index is -0.471. The van der Waals surface area contributed by atoms with Gasteiger partial charge in [-0.2, -0.15) is 0 Å². The lowest BCUT2D eigenvalue weighted by molar-refractivity contribution is -0.122. The van der Waals surface area contributed by atoms with Gasteiger partial charge in [0, 0.05) is 12.7 Å². The van der Waals surface area contributed by atoms with Crippen LogP contribution in [-0.4, -0.2) is 21.7 Å². The number of amides is 2. The van der Waals surface area contributed by atoms with Gasteiger partial charge in [0.2, 0.25) is 5.91 Å². The lowest BCUT2D eigenvalue weighted by atomic mass is 10.1. The van der Waals surface area contributed by atoms with Crippen molar-refractivity contribution in [3.8, 4) is 0 Å². The maximum Gasteiger partial charge on any atom is 0.256 e. The number of fused-ring (bicyclic) bond motifs is 1. The van der Waals surface area contributed by atoms with Crippen molar-refractivity contribution >= 4 is 11.8 Å². The topological polar surface area (TPSA) is 62.3 Å². The van der Waals surface area contributed by atoms with Gasteiger partial charge in [0.05, 0.1) is 29.8 Å². The lowest BCUT2D eigenvalue weighted by Gasteiger charge is -2.25. The van der Waals surface area contributed by atoms with Crippen molar-refractivity contribution in [2.75, 3.05) is 0 Å². The van der Waals surface area contributed by atoms with Crippen LogP contribution in [0.25, 0.3) is 0 Å². The van der Waals surface area contributed by atoms with Gasteiger partial charge in [-0.15, -0.1) is 0 Å². The molecule has 2 amide bonds. The summed E-state index contributed by atoms with van der Waals surface area (Å²) in [5.74, 6) is -0.662. The lowest BCUT2D eigenvalue weighted by Crippen LogP contribution is -2.33. The monoisotopic (exact) mass is 403 g/mol. The molecule has 152 valence electrons. The Bertz CT molecular complexity index is 1050. The largest absolute Gasteiger partial charge is 0.350 e. The highest BCUT2D eigenvalue weighted by molar-refractivity contribution is 5.99. The van der Waals surface area contributed by atoms with Crippen LogP contribution in [0.4, 0.5) is 4.39 Å². The average Bonchev–Trinajstić information content (AvgIpc) is 3.02. The molecule has 6 heteroatoms. The molecule has 4 rings (SSSR count). The van der Waals surface area contributed by atoms with Gasteiger partial charge in [-0.05, 0) is 42.3 Å². The highest BCUT2D eigenvalue weighted by Crippen LogP contribution is 2.35. The predicted octanol–water partition coefficient (Wildman–Crippen LogP) is 4.19. The summed E-state index contributed by atoms with van der Waals surface area (Å²) in [5, 5.41) is 3.01. The molecule has 3 aromatic rings. The van der Waals surface area contributed by atoms with E-state index in [0.29, 0.717) is 11.3 Å². The van der Waals surface area contributed by atoms with Crippen molar-refractivity contribution in [1.29, 1.82) is 0 Å². The summed E-state index contributed by atoms with van der Waals surface area (Å²) in [6.07, 6.45) is 1.74. The Hall–Kier alpha value is -3.54. The number of rotatable bonds is 6. The zero-order valence-electron chi connectivity index (χ0n) is 16.6. The smallest absolute Gasteiger partial charge is 0.256 e.